The van der Waals surface area contributed by atoms with Crippen LogP contribution < -0.4 is 14.8 Å². The minimum Gasteiger partial charge on any atom is -0.502 e. The molecule has 0 aliphatic carbocycles. The fraction of sp³-hybridized carbons (Fsp3) is 0.227. The van der Waals surface area contributed by atoms with Crippen LogP contribution in [0.3, 0.4) is 0 Å². The number of alkyl halides is 3. The molecule has 34 heavy (non-hydrogen) atoms. The summed E-state index contributed by atoms with van der Waals surface area (Å²) in [5.41, 5.74) is -0.963. The summed E-state index contributed by atoms with van der Waals surface area (Å²) < 4.78 is 50.0. The highest BCUT2D eigenvalue weighted by atomic mass is 32.2. The first kappa shape index (κ1) is 25.4. The molecule has 180 valence electrons. The second-order valence-electron chi connectivity index (χ2n) is 7.03. The van der Waals surface area contributed by atoms with Crippen molar-refractivity contribution in [3.63, 3.8) is 0 Å². The van der Waals surface area contributed by atoms with Crippen LogP contribution in [-0.4, -0.2) is 46.4 Å². The molecule has 0 spiro atoms. The highest BCUT2D eigenvalue weighted by Gasteiger charge is 2.39. The number of phenols is 1. The van der Waals surface area contributed by atoms with Gasteiger partial charge in [-0.25, -0.2) is 0 Å². The van der Waals surface area contributed by atoms with Crippen molar-refractivity contribution < 1.29 is 37.3 Å². The molecule has 2 amide bonds. The normalized spacial score (nSPS) is 16.1. The van der Waals surface area contributed by atoms with Crippen molar-refractivity contribution in [2.24, 2.45) is 0 Å². The van der Waals surface area contributed by atoms with E-state index in [0.717, 1.165) is 28.8 Å². The van der Waals surface area contributed by atoms with Crippen LogP contribution in [0.25, 0.3) is 6.08 Å². The maximum Gasteiger partial charge on any atom is 0.418 e. The number of methoxy groups -OCH3 is 2. The summed E-state index contributed by atoms with van der Waals surface area (Å²) in [7, 11) is 2.71. The SMILES string of the molecule is COc1cc(/C=C2\SC(=S)N(C(C)C(=O)Nc3ccccc3C(F)(F)F)C2=O)cc(OC)c1O. The van der Waals surface area contributed by atoms with Gasteiger partial charge in [0, 0.05) is 0 Å². The Labute approximate surface area is 202 Å². The van der Waals surface area contributed by atoms with Crippen LogP contribution in [0.15, 0.2) is 41.3 Å². The predicted molar refractivity (Wildman–Crippen MR) is 126 cm³/mol. The van der Waals surface area contributed by atoms with E-state index in [4.69, 9.17) is 21.7 Å². The van der Waals surface area contributed by atoms with Gasteiger partial charge in [-0.15, -0.1) is 0 Å². The number of amides is 2. The van der Waals surface area contributed by atoms with Gasteiger partial charge in [0.05, 0.1) is 30.4 Å². The third kappa shape index (κ3) is 5.12. The number of hydrogen-bond donors (Lipinski definition) is 2. The number of aromatic hydroxyl groups is 1. The number of anilines is 1. The average Bonchev–Trinajstić information content (AvgIpc) is 3.06. The summed E-state index contributed by atoms with van der Waals surface area (Å²) in [5, 5.41) is 12.3. The Morgan fingerprint density at radius 3 is 2.35 bits per heavy atom. The Morgan fingerprint density at radius 2 is 1.79 bits per heavy atom. The lowest BCUT2D eigenvalue weighted by atomic mass is 10.1. The molecule has 0 saturated carbocycles. The molecular formula is C22H19F3N2O5S2. The largest absolute Gasteiger partial charge is 0.502 e. The molecule has 0 radical (unpaired) electrons. The number of nitrogens with one attached hydrogen (secondary N) is 1. The zero-order valence-corrected chi connectivity index (χ0v) is 19.7. The Morgan fingerprint density at radius 1 is 1.21 bits per heavy atom. The van der Waals surface area contributed by atoms with Crippen molar-refractivity contribution in [3.05, 3.63) is 52.4 Å². The molecule has 3 rings (SSSR count). The summed E-state index contributed by atoms with van der Waals surface area (Å²) >= 11 is 6.18. The van der Waals surface area contributed by atoms with E-state index in [2.05, 4.69) is 5.32 Å². The number of ether oxygens (including phenoxy) is 2. The molecule has 1 heterocycles. The highest BCUT2D eigenvalue weighted by Crippen LogP contribution is 2.40. The van der Waals surface area contributed by atoms with Gasteiger partial charge in [0.25, 0.3) is 5.91 Å². The van der Waals surface area contributed by atoms with Crippen LogP contribution in [0.4, 0.5) is 18.9 Å². The van der Waals surface area contributed by atoms with Crippen LogP contribution in [0.2, 0.25) is 0 Å². The Bertz CT molecular complexity index is 1160. The summed E-state index contributed by atoms with van der Waals surface area (Å²) in [6.07, 6.45) is -3.18. The maximum absolute atomic E-state index is 13.2. The van der Waals surface area contributed by atoms with Crippen molar-refractivity contribution >= 4 is 51.9 Å². The van der Waals surface area contributed by atoms with E-state index >= 15 is 0 Å². The second kappa shape index (κ2) is 9.94. The number of carbonyl (C=O) groups is 2. The molecule has 0 bridgehead atoms. The first-order valence-corrected chi connectivity index (χ1v) is 10.9. The number of phenolic OH excluding ortho intramolecular Hbond substituents is 1. The number of rotatable bonds is 6. The number of benzene rings is 2. The van der Waals surface area contributed by atoms with E-state index in [1.54, 1.807) is 0 Å². The number of nitrogens with zero attached hydrogens (tertiary/aromatic N) is 1. The fourth-order valence-electron chi connectivity index (χ4n) is 3.16. The van der Waals surface area contributed by atoms with Gasteiger partial charge in [0.15, 0.2) is 11.5 Å². The standard InChI is InChI=1S/C22H19F3N2O5S2/c1-11(19(29)26-14-7-5-4-6-13(14)22(23,24)25)27-20(30)17(34-21(27)33)10-12-8-15(31-2)18(28)16(9-12)32-3/h4-11,28H,1-3H3,(H,26,29)/b17-10-. The smallest absolute Gasteiger partial charge is 0.418 e. The van der Waals surface area contributed by atoms with Crippen molar-refractivity contribution in [2.45, 2.75) is 19.1 Å². The van der Waals surface area contributed by atoms with Crippen LogP contribution in [0.5, 0.6) is 17.2 Å². The van der Waals surface area contributed by atoms with E-state index in [1.807, 2.05) is 0 Å². The molecule has 12 heteroatoms. The third-order valence-corrected chi connectivity index (χ3v) is 6.21. The van der Waals surface area contributed by atoms with Crippen LogP contribution >= 0.6 is 24.0 Å². The molecule has 7 nitrogen and oxygen atoms in total. The van der Waals surface area contributed by atoms with Gasteiger partial charge in [-0.3, -0.25) is 14.5 Å². The molecule has 2 aromatic carbocycles. The molecule has 1 atom stereocenters. The topological polar surface area (TPSA) is 88.1 Å². The first-order valence-electron chi connectivity index (χ1n) is 9.67. The first-order chi connectivity index (χ1) is 16.0. The lowest BCUT2D eigenvalue weighted by molar-refractivity contribution is -0.137. The number of thiocarbonyl (C=S) groups is 1. The number of hydrogen-bond acceptors (Lipinski definition) is 7. The molecule has 1 aliphatic rings. The molecule has 2 aromatic rings. The van der Waals surface area contributed by atoms with Gasteiger partial charge in [-0.05, 0) is 42.8 Å². The zero-order chi connectivity index (χ0) is 25.2. The van der Waals surface area contributed by atoms with E-state index < -0.39 is 35.3 Å². The molecular weight excluding hydrogens is 493 g/mol. The van der Waals surface area contributed by atoms with Crippen molar-refractivity contribution in [1.29, 1.82) is 0 Å². The third-order valence-electron chi connectivity index (χ3n) is 4.88. The summed E-state index contributed by atoms with van der Waals surface area (Å²) in [6, 6.07) is 6.33. The minimum atomic E-state index is -4.66. The van der Waals surface area contributed by atoms with Gasteiger partial charge in [0.2, 0.25) is 11.7 Å². The second-order valence-corrected chi connectivity index (χ2v) is 8.71. The Hall–Kier alpha value is -3.25. The number of carbonyl (C=O) groups excluding carboxylic acids is 2. The lowest BCUT2D eigenvalue weighted by Gasteiger charge is -2.23. The monoisotopic (exact) mass is 512 g/mol. The van der Waals surface area contributed by atoms with Gasteiger partial charge >= 0.3 is 6.18 Å². The quantitative estimate of drug-likeness (QED) is 0.430. The Kier molecular flexibility index (Phi) is 7.41. The zero-order valence-electron chi connectivity index (χ0n) is 18.1. The van der Waals surface area contributed by atoms with Gasteiger partial charge in [-0.2, -0.15) is 13.2 Å². The van der Waals surface area contributed by atoms with Crippen molar-refractivity contribution in [1.82, 2.24) is 4.90 Å². The molecule has 1 saturated heterocycles. The molecule has 1 unspecified atom stereocenters. The van der Waals surface area contributed by atoms with Gasteiger partial charge in [-0.1, -0.05) is 36.1 Å². The van der Waals surface area contributed by atoms with Crippen molar-refractivity contribution in [2.75, 3.05) is 19.5 Å². The number of halogens is 3. The van der Waals surface area contributed by atoms with Crippen LogP contribution in [-0.2, 0) is 15.8 Å². The highest BCUT2D eigenvalue weighted by molar-refractivity contribution is 8.26. The fourth-order valence-corrected chi connectivity index (χ4v) is 4.57. The van der Waals surface area contributed by atoms with Crippen LogP contribution in [0.1, 0.15) is 18.1 Å². The number of para-hydroxylation sites is 1. The molecule has 1 aliphatic heterocycles. The predicted octanol–water partition coefficient (Wildman–Crippen LogP) is 4.66. The molecule has 1 fully saturated rings. The van der Waals surface area contributed by atoms with E-state index in [-0.39, 0.29) is 26.5 Å². The van der Waals surface area contributed by atoms with Gasteiger partial charge < -0.3 is 19.9 Å². The van der Waals surface area contributed by atoms with Gasteiger partial charge in [0.1, 0.15) is 10.4 Å². The lowest BCUT2D eigenvalue weighted by Crippen LogP contribution is -2.44. The van der Waals surface area contributed by atoms with E-state index in [0.29, 0.717) is 5.56 Å². The Balaban J connectivity index is 1.84. The minimum absolute atomic E-state index is 0.0701. The van der Waals surface area contributed by atoms with E-state index in [9.17, 15) is 27.9 Å². The summed E-state index contributed by atoms with van der Waals surface area (Å²) in [6.45, 7) is 1.37. The van der Waals surface area contributed by atoms with Crippen molar-refractivity contribution in [3.8, 4) is 17.2 Å². The van der Waals surface area contributed by atoms with Crippen LogP contribution in [0, 0.1) is 0 Å². The summed E-state index contributed by atoms with van der Waals surface area (Å²) in [5.74, 6) is -1.39. The van der Waals surface area contributed by atoms with E-state index in [1.165, 1.54) is 51.5 Å². The number of thioether (sulfide) groups is 1. The molecule has 2 N–H and O–H groups in total. The molecule has 0 aromatic heterocycles. The maximum atomic E-state index is 13.2. The summed E-state index contributed by atoms with van der Waals surface area (Å²) in [4.78, 5) is 26.9. The average molecular weight is 513 g/mol.